The molecule has 3 aliphatic rings. The molecule has 0 aromatic heterocycles. The molecule has 4 atom stereocenters. The van der Waals surface area contributed by atoms with Gasteiger partial charge < -0.3 is 15.0 Å². The molecule has 3 aromatic rings. The second kappa shape index (κ2) is 7.34. The van der Waals surface area contributed by atoms with Gasteiger partial charge in [0.2, 0.25) is 0 Å². The summed E-state index contributed by atoms with van der Waals surface area (Å²) in [6.45, 7) is 2.29. The van der Waals surface area contributed by atoms with Crippen LogP contribution in [0.15, 0.2) is 71.2 Å². The van der Waals surface area contributed by atoms with Crippen LogP contribution in [-0.4, -0.2) is 28.9 Å². The van der Waals surface area contributed by atoms with Gasteiger partial charge in [0.25, 0.3) is 11.8 Å². The second-order valence-electron chi connectivity index (χ2n) is 8.96. The number of benzene rings is 3. The van der Waals surface area contributed by atoms with Crippen molar-refractivity contribution in [2.24, 2.45) is 5.92 Å². The van der Waals surface area contributed by atoms with Crippen LogP contribution >= 0.6 is 27.5 Å². The van der Waals surface area contributed by atoms with E-state index in [-0.39, 0.29) is 29.7 Å². The van der Waals surface area contributed by atoms with Crippen molar-refractivity contribution in [3.63, 3.8) is 0 Å². The summed E-state index contributed by atoms with van der Waals surface area (Å²) in [5.41, 5.74) is 1.65. The minimum absolute atomic E-state index is 0.102. The highest BCUT2D eigenvalue weighted by Gasteiger charge is 2.65. The van der Waals surface area contributed by atoms with Crippen LogP contribution in [0, 0.1) is 5.92 Å². The first kappa shape index (κ1) is 20.8. The third-order valence-corrected chi connectivity index (χ3v) is 7.97. The fourth-order valence-corrected chi connectivity index (χ4v) is 6.41. The van der Waals surface area contributed by atoms with Crippen molar-refractivity contribution in [2.45, 2.75) is 24.4 Å². The molecule has 33 heavy (non-hydrogen) atoms. The molecule has 1 fully saturated rings. The van der Waals surface area contributed by atoms with Crippen molar-refractivity contribution in [3.05, 3.63) is 92.9 Å². The number of nitrogens with zero attached hydrogens (tertiary/aromatic N) is 1. The Hall–Kier alpha value is -2.83. The van der Waals surface area contributed by atoms with Gasteiger partial charge in [0.15, 0.2) is 0 Å². The van der Waals surface area contributed by atoms with Crippen LogP contribution in [0.2, 0.25) is 5.02 Å². The third kappa shape index (κ3) is 2.90. The zero-order chi connectivity index (χ0) is 22.9. The van der Waals surface area contributed by atoms with Crippen molar-refractivity contribution in [1.29, 1.82) is 0 Å². The minimum Gasteiger partial charge on any atom is -0.493 e. The Morgan fingerprint density at radius 1 is 1.09 bits per heavy atom. The molecule has 5 nitrogen and oxygen atoms in total. The molecule has 3 aliphatic heterocycles. The Labute approximate surface area is 204 Å². The summed E-state index contributed by atoms with van der Waals surface area (Å²) in [6.07, 6.45) is 0. The predicted molar refractivity (Wildman–Crippen MR) is 130 cm³/mol. The largest absolute Gasteiger partial charge is 0.493 e. The first-order valence-electron chi connectivity index (χ1n) is 10.8. The number of carbonyl (C=O) groups excluding carboxylic acids is 2. The summed E-state index contributed by atoms with van der Waals surface area (Å²) < 4.78 is 7.07. The van der Waals surface area contributed by atoms with Crippen LogP contribution in [0.4, 0.5) is 5.69 Å². The fraction of sp³-hybridized carbons (Fsp3) is 0.231. The van der Waals surface area contributed by atoms with Crippen molar-refractivity contribution in [1.82, 2.24) is 4.90 Å². The Kier molecular flexibility index (Phi) is 4.61. The SMILES string of the molecule is C[C@@]12C(=O)Nc3ccc(Cl)cc3C(=O)N1C1c3cc(Br)ccc3OCC1C2c1ccccc1. The van der Waals surface area contributed by atoms with Gasteiger partial charge in [0, 0.05) is 26.9 Å². The minimum atomic E-state index is -1.13. The number of amides is 2. The first-order valence-corrected chi connectivity index (χ1v) is 12.0. The van der Waals surface area contributed by atoms with Gasteiger partial charge in [-0.3, -0.25) is 9.59 Å². The molecule has 3 heterocycles. The maximum absolute atomic E-state index is 14.2. The van der Waals surface area contributed by atoms with E-state index in [1.807, 2.05) is 55.5 Å². The van der Waals surface area contributed by atoms with Gasteiger partial charge in [0.1, 0.15) is 11.3 Å². The zero-order valence-corrected chi connectivity index (χ0v) is 20.1. The zero-order valence-electron chi connectivity index (χ0n) is 17.7. The topological polar surface area (TPSA) is 58.6 Å². The molecule has 6 rings (SSSR count). The summed E-state index contributed by atoms with van der Waals surface area (Å²) >= 11 is 9.83. The van der Waals surface area contributed by atoms with Gasteiger partial charge in [-0.1, -0.05) is 57.9 Å². The average molecular weight is 524 g/mol. The standard InChI is InChI=1S/C26H20BrClN2O3/c1-26-22(14-5-3-2-4-6-14)19-13-33-21-10-7-15(27)11-18(21)23(19)30(26)24(31)17-12-16(28)8-9-20(17)29-25(26)32/h2-12,19,22-23H,13H2,1H3,(H,29,32)/t19?,22?,23?,26-/m1/s1. The van der Waals surface area contributed by atoms with Crippen LogP contribution in [-0.2, 0) is 4.79 Å². The summed E-state index contributed by atoms with van der Waals surface area (Å²) in [4.78, 5) is 29.9. The third-order valence-electron chi connectivity index (χ3n) is 7.24. The molecule has 0 saturated carbocycles. The van der Waals surface area contributed by atoms with Crippen LogP contribution in [0.1, 0.15) is 40.4 Å². The highest BCUT2D eigenvalue weighted by atomic mass is 79.9. The number of carbonyl (C=O) groups is 2. The number of halogens is 2. The smallest absolute Gasteiger partial charge is 0.257 e. The second-order valence-corrected chi connectivity index (χ2v) is 10.3. The fourth-order valence-electron chi connectivity index (χ4n) is 5.86. The van der Waals surface area contributed by atoms with E-state index in [1.165, 1.54) is 0 Å². The maximum atomic E-state index is 14.2. The lowest BCUT2D eigenvalue weighted by molar-refractivity contribution is -0.125. The van der Waals surface area contributed by atoms with Crippen LogP contribution in [0.25, 0.3) is 0 Å². The monoisotopic (exact) mass is 522 g/mol. The van der Waals surface area contributed by atoms with E-state index < -0.39 is 5.54 Å². The molecule has 7 heteroatoms. The highest BCUT2D eigenvalue weighted by molar-refractivity contribution is 9.10. The summed E-state index contributed by atoms with van der Waals surface area (Å²) in [5.74, 6) is -0.0511. The molecule has 0 aliphatic carbocycles. The molecule has 0 bridgehead atoms. The van der Waals surface area contributed by atoms with Crippen molar-refractivity contribution >= 4 is 45.0 Å². The lowest BCUT2D eigenvalue weighted by atomic mass is 9.73. The van der Waals surface area contributed by atoms with Crippen molar-refractivity contribution in [2.75, 3.05) is 11.9 Å². The molecular formula is C26H20BrClN2O3. The number of ether oxygens (including phenoxy) is 1. The van der Waals surface area contributed by atoms with Crippen molar-refractivity contribution < 1.29 is 14.3 Å². The van der Waals surface area contributed by atoms with Crippen LogP contribution in [0.5, 0.6) is 5.75 Å². The van der Waals surface area contributed by atoms with Gasteiger partial charge in [-0.25, -0.2) is 0 Å². The van der Waals surface area contributed by atoms with E-state index in [9.17, 15) is 9.59 Å². The summed E-state index contributed by atoms with van der Waals surface area (Å²) in [6, 6.07) is 20.5. The van der Waals surface area contributed by atoms with E-state index in [0.717, 1.165) is 21.3 Å². The van der Waals surface area contributed by atoms with E-state index in [0.29, 0.717) is 22.9 Å². The number of hydrogen-bond donors (Lipinski definition) is 1. The van der Waals surface area contributed by atoms with Gasteiger partial charge in [-0.15, -0.1) is 0 Å². The number of anilines is 1. The normalized spacial score (nSPS) is 27.5. The van der Waals surface area contributed by atoms with E-state index in [2.05, 4.69) is 21.2 Å². The highest BCUT2D eigenvalue weighted by Crippen LogP contribution is 2.60. The first-order chi connectivity index (χ1) is 15.9. The van der Waals surface area contributed by atoms with Crippen LogP contribution < -0.4 is 10.1 Å². The number of nitrogens with one attached hydrogen (secondary N) is 1. The molecule has 3 unspecified atom stereocenters. The Morgan fingerprint density at radius 2 is 1.88 bits per heavy atom. The average Bonchev–Trinajstić information content (AvgIpc) is 3.06. The predicted octanol–water partition coefficient (Wildman–Crippen LogP) is 5.80. The Balaban J connectivity index is 1.64. The number of fused-ring (bicyclic) bond motifs is 6. The Bertz CT molecular complexity index is 1310. The van der Waals surface area contributed by atoms with Gasteiger partial charge in [-0.05, 0) is 48.9 Å². The van der Waals surface area contributed by atoms with Gasteiger partial charge in [-0.2, -0.15) is 0 Å². The molecule has 2 amide bonds. The Morgan fingerprint density at radius 3 is 2.67 bits per heavy atom. The summed E-state index contributed by atoms with van der Waals surface area (Å²) in [7, 11) is 0. The van der Waals surface area contributed by atoms with Gasteiger partial charge >= 0.3 is 0 Å². The van der Waals surface area contributed by atoms with Crippen molar-refractivity contribution in [3.8, 4) is 5.75 Å². The molecule has 1 N–H and O–H groups in total. The molecule has 166 valence electrons. The molecule has 1 saturated heterocycles. The summed E-state index contributed by atoms with van der Waals surface area (Å²) in [5, 5.41) is 3.48. The molecule has 3 aromatic carbocycles. The van der Waals surface area contributed by atoms with E-state index in [1.54, 1.807) is 23.1 Å². The molecule has 0 radical (unpaired) electrons. The quantitative estimate of drug-likeness (QED) is 0.438. The maximum Gasteiger partial charge on any atom is 0.257 e. The van der Waals surface area contributed by atoms with Crippen LogP contribution in [0.3, 0.4) is 0 Å². The molecular weight excluding hydrogens is 504 g/mol. The number of hydrogen-bond acceptors (Lipinski definition) is 3. The van der Waals surface area contributed by atoms with E-state index >= 15 is 0 Å². The van der Waals surface area contributed by atoms with E-state index in [4.69, 9.17) is 16.3 Å². The number of rotatable bonds is 1. The lowest BCUT2D eigenvalue weighted by Gasteiger charge is -2.38. The lowest BCUT2D eigenvalue weighted by Crippen LogP contribution is -2.54. The molecule has 0 spiro atoms. The van der Waals surface area contributed by atoms with Gasteiger partial charge in [0.05, 0.1) is 23.9 Å².